The number of hydrogen-bond acceptors (Lipinski definition) is 5. The second kappa shape index (κ2) is 7.98. The number of aromatic nitrogens is 1. The molecule has 1 N–H and O–H groups in total. The lowest BCUT2D eigenvalue weighted by atomic mass is 10.1. The fraction of sp³-hybridized carbons (Fsp3) is 0.118. The van der Waals surface area contributed by atoms with E-state index in [1.165, 1.54) is 19.2 Å². The van der Waals surface area contributed by atoms with Crippen molar-refractivity contribution in [2.24, 2.45) is 0 Å². The van der Waals surface area contributed by atoms with E-state index in [1.54, 1.807) is 5.38 Å². The van der Waals surface area contributed by atoms with Crippen molar-refractivity contribution in [3.63, 3.8) is 0 Å². The number of benzene rings is 2. The summed E-state index contributed by atoms with van der Waals surface area (Å²) in [5.41, 5.74) is -0.360. The average molecular weight is 449 g/mol. The highest BCUT2D eigenvalue weighted by molar-refractivity contribution is 7.93. The molecule has 0 aliphatic carbocycles. The molecule has 1 atom stereocenters. The molecule has 1 unspecified atom stereocenters. The van der Waals surface area contributed by atoms with Crippen LogP contribution in [0.25, 0.3) is 0 Å². The van der Waals surface area contributed by atoms with E-state index in [2.05, 4.69) is 9.71 Å². The number of sulfonamides is 1. The Kier molecular flexibility index (Phi) is 5.82. The largest absolute Gasteiger partial charge is 0.484 e. The van der Waals surface area contributed by atoms with Crippen LogP contribution in [-0.4, -0.2) is 13.4 Å². The van der Waals surface area contributed by atoms with Crippen LogP contribution in [0.4, 0.5) is 18.3 Å². The molecule has 11 heteroatoms. The van der Waals surface area contributed by atoms with Crippen molar-refractivity contribution < 1.29 is 26.3 Å². The monoisotopic (exact) mass is 448 g/mol. The van der Waals surface area contributed by atoms with E-state index in [0.29, 0.717) is 0 Å². The molecule has 2 aromatic carbocycles. The number of rotatable bonds is 6. The molecule has 3 rings (SSSR count). The van der Waals surface area contributed by atoms with Crippen molar-refractivity contribution >= 4 is 38.1 Å². The van der Waals surface area contributed by atoms with E-state index in [1.807, 2.05) is 0 Å². The Labute approximate surface area is 167 Å². The van der Waals surface area contributed by atoms with Gasteiger partial charge in [0.2, 0.25) is 0 Å². The number of thiazole rings is 1. The highest BCUT2D eigenvalue weighted by atomic mass is 35.5. The van der Waals surface area contributed by atoms with Crippen LogP contribution >= 0.6 is 22.9 Å². The summed E-state index contributed by atoms with van der Waals surface area (Å²) in [5.74, 6) is -3.08. The van der Waals surface area contributed by atoms with Crippen LogP contribution < -0.4 is 9.46 Å². The van der Waals surface area contributed by atoms with Gasteiger partial charge in [0, 0.05) is 17.6 Å². The van der Waals surface area contributed by atoms with Gasteiger partial charge in [-0.05, 0) is 25.1 Å². The molecular weight excluding hydrogens is 437 g/mol. The Morgan fingerprint density at radius 1 is 1.18 bits per heavy atom. The molecule has 0 fully saturated rings. The van der Waals surface area contributed by atoms with Gasteiger partial charge in [0.1, 0.15) is 34.2 Å². The molecular formula is C17H12ClF3N2O3S2. The summed E-state index contributed by atoms with van der Waals surface area (Å²) in [7, 11) is -4.28. The van der Waals surface area contributed by atoms with Crippen molar-refractivity contribution in [2.45, 2.75) is 17.9 Å². The third kappa shape index (κ3) is 4.23. The van der Waals surface area contributed by atoms with E-state index >= 15 is 0 Å². The molecule has 0 aliphatic rings. The van der Waals surface area contributed by atoms with E-state index in [9.17, 15) is 21.6 Å². The molecule has 28 heavy (non-hydrogen) atoms. The third-order valence-corrected chi connectivity index (χ3v) is 6.11. The maximum Gasteiger partial charge on any atom is 0.266 e. The van der Waals surface area contributed by atoms with E-state index in [-0.39, 0.29) is 21.5 Å². The van der Waals surface area contributed by atoms with Gasteiger partial charge in [0.25, 0.3) is 10.0 Å². The summed E-state index contributed by atoms with van der Waals surface area (Å²) in [4.78, 5) is 3.05. The lowest BCUT2D eigenvalue weighted by molar-refractivity contribution is 0.214. The third-order valence-electron chi connectivity index (χ3n) is 3.64. The predicted octanol–water partition coefficient (Wildman–Crippen LogP) is 5.15. The van der Waals surface area contributed by atoms with Gasteiger partial charge in [-0.3, -0.25) is 4.72 Å². The van der Waals surface area contributed by atoms with Gasteiger partial charge >= 0.3 is 0 Å². The number of anilines is 1. The zero-order chi connectivity index (χ0) is 20.5. The van der Waals surface area contributed by atoms with Crippen molar-refractivity contribution in [1.29, 1.82) is 0 Å². The van der Waals surface area contributed by atoms with Gasteiger partial charge in [0.15, 0.2) is 5.13 Å². The first-order valence-corrected chi connectivity index (χ1v) is 10.4. The maximum absolute atomic E-state index is 14.4. The molecule has 0 spiro atoms. The second-order valence-corrected chi connectivity index (χ2v) is 8.50. The molecule has 0 bridgehead atoms. The highest BCUT2D eigenvalue weighted by Gasteiger charge is 2.25. The lowest BCUT2D eigenvalue weighted by Crippen LogP contribution is -2.15. The Morgan fingerprint density at radius 3 is 2.46 bits per heavy atom. The molecule has 0 amide bonds. The zero-order valence-corrected chi connectivity index (χ0v) is 16.5. The minimum atomic E-state index is -4.28. The zero-order valence-electron chi connectivity index (χ0n) is 14.1. The fourth-order valence-corrected chi connectivity index (χ4v) is 4.55. The van der Waals surface area contributed by atoms with E-state index < -0.39 is 38.5 Å². The van der Waals surface area contributed by atoms with Crippen LogP contribution in [0, 0.1) is 17.5 Å². The Bertz CT molecular complexity index is 1090. The van der Waals surface area contributed by atoms with Crippen LogP contribution in [0.2, 0.25) is 5.02 Å². The van der Waals surface area contributed by atoms with Gasteiger partial charge in [-0.1, -0.05) is 17.7 Å². The molecule has 0 saturated carbocycles. The topological polar surface area (TPSA) is 68.3 Å². The summed E-state index contributed by atoms with van der Waals surface area (Å²) >= 11 is 7.03. The fourth-order valence-electron chi connectivity index (χ4n) is 2.40. The Balaban J connectivity index is 1.90. The first kappa shape index (κ1) is 20.4. The van der Waals surface area contributed by atoms with Crippen molar-refractivity contribution in [3.8, 4) is 5.75 Å². The summed E-state index contributed by atoms with van der Waals surface area (Å²) in [6.45, 7) is 1.35. The Morgan fingerprint density at radius 2 is 1.86 bits per heavy atom. The lowest BCUT2D eigenvalue weighted by Gasteiger charge is -2.18. The minimum Gasteiger partial charge on any atom is -0.484 e. The van der Waals surface area contributed by atoms with Crippen LogP contribution in [0.3, 0.4) is 0 Å². The van der Waals surface area contributed by atoms with Gasteiger partial charge in [-0.25, -0.2) is 26.6 Å². The van der Waals surface area contributed by atoms with Crippen molar-refractivity contribution in [3.05, 3.63) is 69.9 Å². The predicted molar refractivity (Wildman–Crippen MR) is 99.7 cm³/mol. The molecule has 5 nitrogen and oxygen atoms in total. The van der Waals surface area contributed by atoms with Crippen LogP contribution in [0.5, 0.6) is 5.75 Å². The van der Waals surface area contributed by atoms with Crippen LogP contribution in [0.15, 0.2) is 46.8 Å². The van der Waals surface area contributed by atoms with Gasteiger partial charge in [0.05, 0.1) is 10.6 Å². The van der Waals surface area contributed by atoms with Gasteiger partial charge in [-0.15, -0.1) is 11.3 Å². The van der Waals surface area contributed by atoms with Crippen LogP contribution in [0.1, 0.15) is 18.6 Å². The first-order chi connectivity index (χ1) is 13.2. The first-order valence-electron chi connectivity index (χ1n) is 7.71. The molecule has 0 radical (unpaired) electrons. The molecule has 1 heterocycles. The average Bonchev–Trinajstić information content (AvgIpc) is 3.09. The second-order valence-electron chi connectivity index (χ2n) is 5.55. The number of nitrogens with zero attached hydrogens (tertiary/aromatic N) is 1. The number of nitrogens with one attached hydrogen (secondary N) is 1. The molecule has 148 valence electrons. The SMILES string of the molecule is CC(Oc1cc(F)c(S(=O)(=O)Nc2nccs2)cc1Cl)c1c(F)cccc1F. The Hall–Kier alpha value is -2.30. The van der Waals surface area contributed by atoms with Crippen molar-refractivity contribution in [2.75, 3.05) is 4.72 Å². The van der Waals surface area contributed by atoms with E-state index in [0.717, 1.165) is 35.6 Å². The normalized spacial score (nSPS) is 12.6. The van der Waals surface area contributed by atoms with Gasteiger partial charge < -0.3 is 4.74 Å². The molecule has 3 aromatic rings. The van der Waals surface area contributed by atoms with Crippen LogP contribution in [-0.2, 0) is 10.0 Å². The standard InChI is InChI=1S/C17H12ClF3N2O3S2/c1-9(16-11(19)3-2-4-12(16)20)26-14-8-13(21)15(7-10(14)18)28(24,25)23-17-22-5-6-27-17/h2-9H,1H3,(H,22,23). The molecule has 0 aliphatic heterocycles. The number of halogens is 4. The summed E-state index contributed by atoms with van der Waals surface area (Å²) in [6.07, 6.45) is 0.237. The number of ether oxygens (including phenoxy) is 1. The summed E-state index contributed by atoms with van der Waals surface area (Å²) < 4.78 is 74.3. The minimum absolute atomic E-state index is 0.0551. The quantitative estimate of drug-likeness (QED) is 0.566. The van der Waals surface area contributed by atoms with Gasteiger partial charge in [-0.2, -0.15) is 0 Å². The molecule has 1 aromatic heterocycles. The summed E-state index contributed by atoms with van der Waals surface area (Å²) in [5, 5.41) is 1.35. The van der Waals surface area contributed by atoms with Crippen molar-refractivity contribution in [1.82, 2.24) is 4.98 Å². The molecule has 0 saturated heterocycles. The van der Waals surface area contributed by atoms with E-state index in [4.69, 9.17) is 16.3 Å². The summed E-state index contributed by atoms with van der Waals surface area (Å²) in [6, 6.07) is 4.91. The number of hydrogen-bond donors (Lipinski definition) is 1. The smallest absolute Gasteiger partial charge is 0.266 e. The maximum atomic E-state index is 14.4. The highest BCUT2D eigenvalue weighted by Crippen LogP contribution is 2.34.